The number of nitrogens with one attached hydrogen (secondary N) is 1. The molecule has 19 heavy (non-hydrogen) atoms. The molecule has 1 amide bonds. The number of nitrogens with zero attached hydrogens (tertiary/aromatic N) is 2. The zero-order valence-corrected chi connectivity index (χ0v) is 11.4. The lowest BCUT2D eigenvalue weighted by molar-refractivity contribution is -0.128. The van der Waals surface area contributed by atoms with E-state index in [1.165, 1.54) is 12.3 Å². The first-order valence-corrected chi connectivity index (χ1v) is 6.28. The maximum atomic E-state index is 13.0. The minimum atomic E-state index is -0.387. The lowest BCUT2D eigenvalue weighted by Crippen LogP contribution is -2.35. The Morgan fingerprint density at radius 3 is 2.79 bits per heavy atom. The van der Waals surface area contributed by atoms with Crippen LogP contribution >= 0.6 is 0 Å². The maximum Gasteiger partial charge on any atom is 0.225 e. The summed E-state index contributed by atoms with van der Waals surface area (Å²) in [4.78, 5) is 16.0. The van der Waals surface area contributed by atoms with Gasteiger partial charge in [-0.25, -0.2) is 9.37 Å². The van der Waals surface area contributed by atoms with Gasteiger partial charge in [0.05, 0.1) is 5.69 Å². The van der Waals surface area contributed by atoms with Gasteiger partial charge in [-0.15, -0.1) is 0 Å². The van der Waals surface area contributed by atoms with E-state index in [-0.39, 0.29) is 17.1 Å². The summed E-state index contributed by atoms with van der Waals surface area (Å²) in [7, 11) is 0. The van der Waals surface area contributed by atoms with Gasteiger partial charge >= 0.3 is 0 Å². The largest absolute Gasteiger partial charge is 0.355 e. The Labute approximate surface area is 111 Å². The quantitative estimate of drug-likeness (QED) is 0.922. The summed E-state index contributed by atoms with van der Waals surface area (Å²) in [5, 5.41) is 2.86. The summed E-state index contributed by atoms with van der Waals surface area (Å²) in [5.41, 5.74) is 1.15. The molecule has 1 N–H and O–H groups in total. The average Bonchev–Trinajstić information content (AvgIpc) is 2.69. The molecule has 0 aliphatic rings. The third-order valence-corrected chi connectivity index (χ3v) is 2.81. The number of carbonyl (C=O) groups excluding carboxylic acids is 1. The van der Waals surface area contributed by atoms with Crippen molar-refractivity contribution < 1.29 is 9.18 Å². The van der Waals surface area contributed by atoms with Gasteiger partial charge in [0, 0.05) is 30.8 Å². The summed E-state index contributed by atoms with van der Waals surface area (Å²) in [6.45, 7) is 6.14. The Balaban J connectivity index is 1.97. The van der Waals surface area contributed by atoms with Crippen LogP contribution in [0.2, 0.25) is 0 Å². The summed E-state index contributed by atoms with van der Waals surface area (Å²) in [6.07, 6.45) is 3.80. The molecule has 4 nitrogen and oxygen atoms in total. The van der Waals surface area contributed by atoms with Crippen molar-refractivity contribution in [2.75, 3.05) is 6.54 Å². The number of hydrogen-bond donors (Lipinski definition) is 1. The molecule has 0 radical (unpaired) electrons. The summed E-state index contributed by atoms with van der Waals surface area (Å²) >= 11 is 0. The highest BCUT2D eigenvalue weighted by atomic mass is 19.1. The smallest absolute Gasteiger partial charge is 0.225 e. The average molecular weight is 263 g/mol. The highest BCUT2D eigenvalue weighted by molar-refractivity contribution is 5.81. The van der Waals surface area contributed by atoms with E-state index < -0.39 is 0 Å². The van der Waals surface area contributed by atoms with Crippen molar-refractivity contribution in [3.63, 3.8) is 0 Å². The monoisotopic (exact) mass is 263 g/mol. The highest BCUT2D eigenvalue weighted by Crippen LogP contribution is 2.12. The first-order chi connectivity index (χ1) is 8.86. The standard InChI is InChI=1S/C14H18FN3O/c1-14(2,3)13(19)16-7-6-11-9-18-8-10(15)4-5-12(18)17-11/h4-5,8-9H,6-7H2,1-3H3,(H,16,19). The Hall–Kier alpha value is -1.91. The van der Waals surface area contributed by atoms with Crippen molar-refractivity contribution in [2.24, 2.45) is 5.41 Å². The first kappa shape index (κ1) is 13.5. The van der Waals surface area contributed by atoms with Gasteiger partial charge < -0.3 is 9.72 Å². The lowest BCUT2D eigenvalue weighted by Gasteiger charge is -2.17. The number of carbonyl (C=O) groups is 1. The zero-order chi connectivity index (χ0) is 14.0. The molecule has 2 aromatic rings. The molecule has 0 fully saturated rings. The topological polar surface area (TPSA) is 46.4 Å². The van der Waals surface area contributed by atoms with Crippen LogP contribution in [0.5, 0.6) is 0 Å². The van der Waals surface area contributed by atoms with Gasteiger partial charge in [0.25, 0.3) is 0 Å². The summed E-state index contributed by atoms with van der Waals surface area (Å²) in [6, 6.07) is 3.01. The van der Waals surface area contributed by atoms with E-state index in [4.69, 9.17) is 0 Å². The van der Waals surface area contributed by atoms with Crippen molar-refractivity contribution in [1.82, 2.24) is 14.7 Å². The fraction of sp³-hybridized carbons (Fsp3) is 0.429. The highest BCUT2D eigenvalue weighted by Gasteiger charge is 2.20. The number of fused-ring (bicyclic) bond motifs is 1. The Morgan fingerprint density at radius 2 is 2.11 bits per heavy atom. The maximum absolute atomic E-state index is 13.0. The second-order valence-electron chi connectivity index (χ2n) is 5.60. The molecule has 0 bridgehead atoms. The molecule has 2 heterocycles. The zero-order valence-electron chi connectivity index (χ0n) is 11.4. The molecule has 0 aliphatic heterocycles. The first-order valence-electron chi connectivity index (χ1n) is 6.28. The van der Waals surface area contributed by atoms with Crippen LogP contribution in [-0.2, 0) is 11.2 Å². The van der Waals surface area contributed by atoms with E-state index in [1.807, 2.05) is 20.8 Å². The third-order valence-electron chi connectivity index (χ3n) is 2.81. The molecule has 0 atom stereocenters. The Morgan fingerprint density at radius 1 is 1.37 bits per heavy atom. The van der Waals surface area contributed by atoms with Crippen LogP contribution in [0.4, 0.5) is 4.39 Å². The van der Waals surface area contributed by atoms with Crippen molar-refractivity contribution in [3.05, 3.63) is 36.0 Å². The number of hydrogen-bond acceptors (Lipinski definition) is 2. The van der Waals surface area contributed by atoms with Crippen LogP contribution in [0.1, 0.15) is 26.5 Å². The third kappa shape index (κ3) is 3.30. The van der Waals surface area contributed by atoms with E-state index in [2.05, 4.69) is 10.3 Å². The molecule has 2 aromatic heterocycles. The van der Waals surface area contributed by atoms with E-state index in [0.29, 0.717) is 18.6 Å². The number of pyridine rings is 1. The van der Waals surface area contributed by atoms with E-state index in [1.54, 1.807) is 16.7 Å². The van der Waals surface area contributed by atoms with Gasteiger partial charge in [-0.05, 0) is 12.1 Å². The number of imidazole rings is 1. The van der Waals surface area contributed by atoms with E-state index >= 15 is 0 Å². The molecule has 0 aromatic carbocycles. The van der Waals surface area contributed by atoms with Gasteiger partial charge in [0.2, 0.25) is 5.91 Å². The molecule has 2 rings (SSSR count). The second kappa shape index (κ2) is 4.99. The SMILES string of the molecule is CC(C)(C)C(=O)NCCc1cn2cc(F)ccc2n1. The van der Waals surface area contributed by atoms with Gasteiger partial charge in [-0.1, -0.05) is 20.8 Å². The number of amides is 1. The number of halogens is 1. The number of rotatable bonds is 3. The molecule has 0 saturated carbocycles. The van der Waals surface area contributed by atoms with Gasteiger partial charge in [0.15, 0.2) is 0 Å². The molecule has 0 unspecified atom stereocenters. The normalized spacial score (nSPS) is 11.8. The van der Waals surface area contributed by atoms with Crippen molar-refractivity contribution >= 4 is 11.6 Å². The van der Waals surface area contributed by atoms with E-state index in [0.717, 1.165) is 5.69 Å². The molecule has 5 heteroatoms. The Bertz CT molecular complexity index is 598. The lowest BCUT2D eigenvalue weighted by atomic mass is 9.96. The predicted octanol–water partition coefficient (Wildman–Crippen LogP) is 2.18. The molecular formula is C14H18FN3O. The fourth-order valence-electron chi connectivity index (χ4n) is 1.71. The van der Waals surface area contributed by atoms with Crippen LogP contribution in [0, 0.1) is 11.2 Å². The van der Waals surface area contributed by atoms with E-state index in [9.17, 15) is 9.18 Å². The van der Waals surface area contributed by atoms with Crippen molar-refractivity contribution in [3.8, 4) is 0 Å². The fourth-order valence-corrected chi connectivity index (χ4v) is 1.71. The van der Waals surface area contributed by atoms with Crippen LogP contribution in [0.3, 0.4) is 0 Å². The van der Waals surface area contributed by atoms with Crippen LogP contribution < -0.4 is 5.32 Å². The minimum absolute atomic E-state index is 0.0160. The van der Waals surface area contributed by atoms with Crippen LogP contribution in [0.25, 0.3) is 5.65 Å². The van der Waals surface area contributed by atoms with Gasteiger partial charge in [-0.2, -0.15) is 0 Å². The summed E-state index contributed by atoms with van der Waals surface area (Å²) in [5.74, 6) is -0.278. The van der Waals surface area contributed by atoms with Crippen molar-refractivity contribution in [2.45, 2.75) is 27.2 Å². The summed E-state index contributed by atoms with van der Waals surface area (Å²) < 4.78 is 14.7. The minimum Gasteiger partial charge on any atom is -0.355 e. The Kier molecular flexibility index (Phi) is 3.55. The molecule has 0 aliphatic carbocycles. The predicted molar refractivity (Wildman–Crippen MR) is 71.3 cm³/mol. The number of aromatic nitrogens is 2. The van der Waals surface area contributed by atoms with Gasteiger partial charge in [0.1, 0.15) is 11.5 Å². The molecule has 0 spiro atoms. The van der Waals surface area contributed by atoms with Crippen LogP contribution in [0.15, 0.2) is 24.5 Å². The molecular weight excluding hydrogens is 245 g/mol. The molecule has 0 saturated heterocycles. The van der Waals surface area contributed by atoms with Crippen molar-refractivity contribution in [1.29, 1.82) is 0 Å². The second-order valence-corrected chi connectivity index (χ2v) is 5.60. The molecule has 102 valence electrons. The van der Waals surface area contributed by atoms with Crippen LogP contribution in [-0.4, -0.2) is 21.8 Å². The van der Waals surface area contributed by atoms with Gasteiger partial charge in [-0.3, -0.25) is 4.79 Å².